The van der Waals surface area contributed by atoms with Crippen molar-refractivity contribution in [2.75, 3.05) is 16.4 Å². The van der Waals surface area contributed by atoms with Crippen molar-refractivity contribution in [2.45, 2.75) is 12.1 Å². The Labute approximate surface area is 176 Å². The number of benzene rings is 3. The van der Waals surface area contributed by atoms with Crippen LogP contribution in [0.5, 0.6) is 0 Å². The van der Waals surface area contributed by atoms with E-state index in [1.165, 1.54) is 18.7 Å². The number of fused-ring (bicyclic) bond motifs is 1. The van der Waals surface area contributed by atoms with Crippen LogP contribution in [0.3, 0.4) is 0 Å². The monoisotopic (exact) mass is 418 g/mol. The summed E-state index contributed by atoms with van der Waals surface area (Å²) in [4.78, 5) is 23.3. The fourth-order valence-electron chi connectivity index (χ4n) is 2.95. The SMILES string of the molecule is CC(=O)Nc1ccc(NC(=O)CSc2nnc(-c3cccc4ccccc34)o2)cc1. The number of hydrogen-bond acceptors (Lipinski definition) is 6. The molecule has 150 valence electrons. The van der Waals surface area contributed by atoms with Gasteiger partial charge in [0, 0.05) is 23.9 Å². The predicted octanol–water partition coefficient (Wildman–Crippen LogP) is 4.58. The van der Waals surface area contributed by atoms with Crippen LogP contribution < -0.4 is 10.6 Å². The number of amides is 2. The topological polar surface area (TPSA) is 97.1 Å². The number of nitrogens with zero attached hydrogens (tertiary/aromatic N) is 2. The van der Waals surface area contributed by atoms with Gasteiger partial charge in [-0.1, -0.05) is 48.2 Å². The van der Waals surface area contributed by atoms with Crippen LogP contribution in [0.2, 0.25) is 0 Å². The molecule has 4 aromatic rings. The van der Waals surface area contributed by atoms with E-state index in [1.807, 2.05) is 42.5 Å². The van der Waals surface area contributed by atoms with E-state index in [1.54, 1.807) is 24.3 Å². The summed E-state index contributed by atoms with van der Waals surface area (Å²) < 4.78 is 5.75. The van der Waals surface area contributed by atoms with Crippen molar-refractivity contribution in [1.82, 2.24) is 10.2 Å². The van der Waals surface area contributed by atoms with Crippen LogP contribution in [0.25, 0.3) is 22.2 Å². The first-order chi connectivity index (χ1) is 14.6. The fraction of sp³-hybridized carbons (Fsp3) is 0.0909. The predicted molar refractivity (Wildman–Crippen MR) is 117 cm³/mol. The number of thioether (sulfide) groups is 1. The Balaban J connectivity index is 1.37. The van der Waals surface area contributed by atoms with E-state index in [4.69, 9.17) is 4.42 Å². The summed E-state index contributed by atoms with van der Waals surface area (Å²) in [5, 5.41) is 16.1. The van der Waals surface area contributed by atoms with Crippen molar-refractivity contribution < 1.29 is 14.0 Å². The molecule has 0 radical (unpaired) electrons. The van der Waals surface area contributed by atoms with Crippen molar-refractivity contribution in [3.63, 3.8) is 0 Å². The highest BCUT2D eigenvalue weighted by atomic mass is 32.2. The van der Waals surface area contributed by atoms with Crippen LogP contribution in [0.1, 0.15) is 6.92 Å². The van der Waals surface area contributed by atoms with Crippen molar-refractivity contribution in [3.8, 4) is 11.5 Å². The lowest BCUT2D eigenvalue weighted by Crippen LogP contribution is -2.14. The van der Waals surface area contributed by atoms with Crippen molar-refractivity contribution in [3.05, 3.63) is 66.7 Å². The Hall–Kier alpha value is -3.65. The van der Waals surface area contributed by atoms with Gasteiger partial charge in [-0.2, -0.15) is 0 Å². The maximum atomic E-state index is 12.2. The number of hydrogen-bond donors (Lipinski definition) is 2. The van der Waals surface area contributed by atoms with Gasteiger partial charge in [-0.15, -0.1) is 10.2 Å². The molecule has 4 rings (SSSR count). The Morgan fingerprint density at radius 2 is 1.60 bits per heavy atom. The van der Waals surface area contributed by atoms with Gasteiger partial charge in [0.05, 0.1) is 5.75 Å². The highest BCUT2D eigenvalue weighted by Crippen LogP contribution is 2.29. The van der Waals surface area contributed by atoms with Gasteiger partial charge >= 0.3 is 0 Å². The molecule has 0 fully saturated rings. The molecule has 3 aromatic carbocycles. The Bertz CT molecular complexity index is 1200. The summed E-state index contributed by atoms with van der Waals surface area (Å²) in [7, 11) is 0. The zero-order chi connectivity index (χ0) is 20.9. The lowest BCUT2D eigenvalue weighted by atomic mass is 10.0. The molecule has 0 aliphatic carbocycles. The van der Waals surface area contributed by atoms with Crippen LogP contribution >= 0.6 is 11.8 Å². The first-order valence-electron chi connectivity index (χ1n) is 9.20. The Morgan fingerprint density at radius 1 is 0.900 bits per heavy atom. The minimum absolute atomic E-state index is 0.130. The normalized spacial score (nSPS) is 10.7. The summed E-state index contributed by atoms with van der Waals surface area (Å²) >= 11 is 1.17. The number of aromatic nitrogens is 2. The second kappa shape index (κ2) is 8.79. The van der Waals surface area contributed by atoms with Crippen LogP contribution in [0.4, 0.5) is 11.4 Å². The Morgan fingerprint density at radius 3 is 2.37 bits per heavy atom. The summed E-state index contributed by atoms with van der Waals surface area (Å²) in [5.41, 5.74) is 2.16. The lowest BCUT2D eigenvalue weighted by Gasteiger charge is -2.06. The van der Waals surface area contributed by atoms with E-state index in [9.17, 15) is 9.59 Å². The van der Waals surface area contributed by atoms with E-state index in [0.29, 0.717) is 22.5 Å². The third-order valence-electron chi connectivity index (χ3n) is 4.24. The quantitative estimate of drug-likeness (QED) is 0.445. The molecule has 7 nitrogen and oxygen atoms in total. The van der Waals surface area contributed by atoms with Crippen LogP contribution in [0, 0.1) is 0 Å². The molecule has 0 bridgehead atoms. The molecular weight excluding hydrogens is 400 g/mol. The molecular formula is C22H18N4O3S. The zero-order valence-electron chi connectivity index (χ0n) is 16.1. The lowest BCUT2D eigenvalue weighted by molar-refractivity contribution is -0.114. The molecule has 0 aliphatic heterocycles. The van der Waals surface area contributed by atoms with Gasteiger partial charge < -0.3 is 15.1 Å². The number of rotatable bonds is 6. The summed E-state index contributed by atoms with van der Waals surface area (Å²) in [5.74, 6) is 0.205. The highest BCUT2D eigenvalue weighted by molar-refractivity contribution is 7.99. The van der Waals surface area contributed by atoms with E-state index >= 15 is 0 Å². The maximum absolute atomic E-state index is 12.2. The third-order valence-corrected chi connectivity index (χ3v) is 5.06. The molecule has 8 heteroatoms. The van der Waals surface area contributed by atoms with Gasteiger partial charge in [0.1, 0.15) is 0 Å². The average molecular weight is 418 g/mol. The van der Waals surface area contributed by atoms with Crippen LogP contribution in [0.15, 0.2) is 76.4 Å². The fourth-order valence-corrected chi connectivity index (χ4v) is 3.52. The van der Waals surface area contributed by atoms with Crippen molar-refractivity contribution >= 4 is 45.7 Å². The van der Waals surface area contributed by atoms with Gasteiger partial charge in [-0.25, -0.2) is 0 Å². The Kier molecular flexibility index (Phi) is 5.76. The first kappa shape index (κ1) is 19.7. The first-order valence-corrected chi connectivity index (χ1v) is 10.2. The number of nitrogens with one attached hydrogen (secondary N) is 2. The molecule has 0 aliphatic rings. The van der Waals surface area contributed by atoms with E-state index in [0.717, 1.165) is 16.3 Å². The molecule has 1 heterocycles. The van der Waals surface area contributed by atoms with Gasteiger partial charge in [-0.05, 0) is 41.1 Å². The molecule has 2 N–H and O–H groups in total. The smallest absolute Gasteiger partial charge is 0.277 e. The van der Waals surface area contributed by atoms with Gasteiger partial charge in [0.25, 0.3) is 5.22 Å². The number of carbonyl (C=O) groups is 2. The molecule has 0 saturated heterocycles. The van der Waals surface area contributed by atoms with Gasteiger partial charge in [0.15, 0.2) is 0 Å². The van der Waals surface area contributed by atoms with Crippen LogP contribution in [-0.2, 0) is 9.59 Å². The highest BCUT2D eigenvalue weighted by Gasteiger charge is 2.13. The van der Waals surface area contributed by atoms with E-state index < -0.39 is 0 Å². The van der Waals surface area contributed by atoms with E-state index in [-0.39, 0.29) is 17.6 Å². The van der Waals surface area contributed by atoms with E-state index in [2.05, 4.69) is 20.8 Å². The molecule has 0 atom stereocenters. The van der Waals surface area contributed by atoms with Gasteiger partial charge in [-0.3, -0.25) is 9.59 Å². The zero-order valence-corrected chi connectivity index (χ0v) is 16.9. The summed E-state index contributed by atoms with van der Waals surface area (Å²) in [6, 6.07) is 20.8. The molecule has 0 saturated carbocycles. The molecule has 2 amide bonds. The molecule has 1 aromatic heterocycles. The minimum Gasteiger partial charge on any atom is -0.411 e. The summed E-state index contributed by atoms with van der Waals surface area (Å²) in [6.45, 7) is 1.44. The molecule has 0 spiro atoms. The average Bonchev–Trinajstić information content (AvgIpc) is 3.22. The second-order valence-corrected chi connectivity index (χ2v) is 7.42. The minimum atomic E-state index is -0.197. The second-order valence-electron chi connectivity index (χ2n) is 6.50. The van der Waals surface area contributed by atoms with Crippen molar-refractivity contribution in [1.29, 1.82) is 0 Å². The maximum Gasteiger partial charge on any atom is 0.277 e. The van der Waals surface area contributed by atoms with Crippen LogP contribution in [-0.4, -0.2) is 27.8 Å². The number of carbonyl (C=O) groups excluding carboxylic acids is 2. The number of anilines is 2. The largest absolute Gasteiger partial charge is 0.411 e. The van der Waals surface area contributed by atoms with Crippen molar-refractivity contribution in [2.24, 2.45) is 0 Å². The summed E-state index contributed by atoms with van der Waals surface area (Å²) in [6.07, 6.45) is 0. The third kappa shape index (κ3) is 4.66. The molecule has 30 heavy (non-hydrogen) atoms. The standard InChI is InChI=1S/C22H18N4O3S/c1-14(27)23-16-9-11-17(12-10-16)24-20(28)13-30-22-26-25-21(29-22)19-8-4-6-15-5-2-3-7-18(15)19/h2-12H,13H2,1H3,(H,23,27)(H,24,28). The molecule has 0 unspecified atom stereocenters. The van der Waals surface area contributed by atoms with Gasteiger partial charge in [0.2, 0.25) is 17.7 Å².